The Labute approximate surface area is 120 Å². The lowest BCUT2D eigenvalue weighted by molar-refractivity contribution is -0.131. The van der Waals surface area contributed by atoms with Crippen molar-refractivity contribution in [2.75, 3.05) is 27.7 Å². The molecular formula is C14H24N4O2. The summed E-state index contributed by atoms with van der Waals surface area (Å²) >= 11 is 0. The van der Waals surface area contributed by atoms with Crippen molar-refractivity contribution >= 4 is 5.91 Å². The highest BCUT2D eigenvalue weighted by Gasteiger charge is 2.32. The van der Waals surface area contributed by atoms with Gasteiger partial charge < -0.3 is 15.0 Å². The number of carbonyl (C=O) groups is 1. The summed E-state index contributed by atoms with van der Waals surface area (Å²) in [5, 5.41) is 7.67. The molecule has 1 fully saturated rings. The second-order valence-corrected chi connectivity index (χ2v) is 5.37. The van der Waals surface area contributed by atoms with Gasteiger partial charge in [-0.2, -0.15) is 5.10 Å². The van der Waals surface area contributed by atoms with Crippen LogP contribution >= 0.6 is 0 Å². The van der Waals surface area contributed by atoms with Crippen LogP contribution < -0.4 is 10.1 Å². The van der Waals surface area contributed by atoms with Crippen LogP contribution in [0, 0.1) is 0 Å². The van der Waals surface area contributed by atoms with E-state index in [4.69, 9.17) is 4.74 Å². The Morgan fingerprint density at radius 1 is 1.60 bits per heavy atom. The van der Waals surface area contributed by atoms with Gasteiger partial charge >= 0.3 is 0 Å². The molecule has 2 heterocycles. The zero-order valence-corrected chi connectivity index (χ0v) is 12.7. The summed E-state index contributed by atoms with van der Waals surface area (Å²) in [5.41, 5.74) is 1.12. The molecule has 112 valence electrons. The molecule has 0 radical (unpaired) electrons. The van der Waals surface area contributed by atoms with Gasteiger partial charge in [-0.15, -0.1) is 0 Å². The summed E-state index contributed by atoms with van der Waals surface area (Å²) < 4.78 is 7.40. The van der Waals surface area contributed by atoms with Crippen molar-refractivity contribution in [2.45, 2.75) is 38.3 Å². The molecule has 0 aliphatic carbocycles. The average molecular weight is 280 g/mol. The van der Waals surface area contributed by atoms with Crippen LogP contribution in [0.4, 0.5) is 0 Å². The molecule has 2 atom stereocenters. The molecule has 0 saturated carbocycles. The first-order chi connectivity index (χ1) is 9.58. The molecule has 2 rings (SSSR count). The van der Waals surface area contributed by atoms with Gasteiger partial charge in [0.2, 0.25) is 5.91 Å². The Kier molecular flexibility index (Phi) is 4.65. The number of likely N-dealkylation sites (N-methyl/N-ethyl adjacent to an activating group) is 1. The van der Waals surface area contributed by atoms with E-state index in [9.17, 15) is 4.79 Å². The summed E-state index contributed by atoms with van der Waals surface area (Å²) in [5.74, 6) is 1.27. The van der Waals surface area contributed by atoms with Crippen LogP contribution in [0.1, 0.15) is 31.4 Å². The predicted molar refractivity (Wildman–Crippen MR) is 76.9 cm³/mol. The van der Waals surface area contributed by atoms with Crippen molar-refractivity contribution in [3.8, 4) is 5.75 Å². The minimum atomic E-state index is -0.117. The maximum Gasteiger partial charge on any atom is 0.239 e. The van der Waals surface area contributed by atoms with Gasteiger partial charge in [0.15, 0.2) is 5.75 Å². The fourth-order valence-electron chi connectivity index (χ4n) is 2.86. The van der Waals surface area contributed by atoms with Crippen molar-refractivity contribution < 1.29 is 9.53 Å². The van der Waals surface area contributed by atoms with E-state index in [0.29, 0.717) is 5.92 Å². The van der Waals surface area contributed by atoms with Crippen molar-refractivity contribution in [3.63, 3.8) is 0 Å². The molecular weight excluding hydrogens is 256 g/mol. The number of aryl methyl sites for hydroxylation is 1. The molecule has 2 unspecified atom stereocenters. The molecule has 1 aromatic rings. The van der Waals surface area contributed by atoms with Crippen LogP contribution in [0.3, 0.4) is 0 Å². The van der Waals surface area contributed by atoms with Gasteiger partial charge in [0.25, 0.3) is 0 Å². The Morgan fingerprint density at radius 2 is 2.35 bits per heavy atom. The van der Waals surface area contributed by atoms with Gasteiger partial charge in [-0.05, 0) is 26.3 Å². The number of nitrogens with one attached hydrogen (secondary N) is 1. The Bertz CT molecular complexity index is 448. The Balaban J connectivity index is 2.20. The highest BCUT2D eigenvalue weighted by atomic mass is 16.5. The van der Waals surface area contributed by atoms with Gasteiger partial charge in [-0.3, -0.25) is 9.48 Å². The maximum atomic E-state index is 12.1. The van der Waals surface area contributed by atoms with E-state index in [0.717, 1.165) is 37.4 Å². The van der Waals surface area contributed by atoms with E-state index in [1.54, 1.807) is 32.3 Å². The van der Waals surface area contributed by atoms with Crippen molar-refractivity contribution in [1.29, 1.82) is 0 Å². The molecule has 1 aliphatic heterocycles. The van der Waals surface area contributed by atoms with E-state index in [-0.39, 0.29) is 11.9 Å². The van der Waals surface area contributed by atoms with Gasteiger partial charge in [0.1, 0.15) is 0 Å². The minimum Gasteiger partial charge on any atom is -0.493 e. The van der Waals surface area contributed by atoms with Crippen molar-refractivity contribution in [3.05, 3.63) is 11.9 Å². The van der Waals surface area contributed by atoms with E-state index in [1.165, 1.54) is 0 Å². The number of nitrogens with zero attached hydrogens (tertiary/aromatic N) is 3. The van der Waals surface area contributed by atoms with E-state index >= 15 is 0 Å². The predicted octanol–water partition coefficient (Wildman–Crippen LogP) is 0.835. The first-order valence-electron chi connectivity index (χ1n) is 7.12. The van der Waals surface area contributed by atoms with Crippen LogP contribution in [-0.4, -0.2) is 54.4 Å². The molecule has 1 aliphatic rings. The highest BCUT2D eigenvalue weighted by molar-refractivity contribution is 5.81. The second-order valence-electron chi connectivity index (χ2n) is 5.37. The third-order valence-electron chi connectivity index (χ3n) is 3.89. The molecule has 0 spiro atoms. The number of methoxy groups -OCH3 is 1. The topological polar surface area (TPSA) is 59.4 Å². The first-order valence-corrected chi connectivity index (χ1v) is 7.12. The molecule has 1 N–H and O–H groups in total. The lowest BCUT2D eigenvalue weighted by Gasteiger charge is -2.31. The quantitative estimate of drug-likeness (QED) is 0.888. The van der Waals surface area contributed by atoms with Crippen LogP contribution in [0.2, 0.25) is 0 Å². The van der Waals surface area contributed by atoms with Crippen LogP contribution in [-0.2, 0) is 11.3 Å². The van der Waals surface area contributed by atoms with E-state index in [2.05, 4.69) is 17.3 Å². The van der Waals surface area contributed by atoms with Gasteiger partial charge in [-0.1, -0.05) is 0 Å². The summed E-state index contributed by atoms with van der Waals surface area (Å²) in [6, 6.07) is -0.117. The average Bonchev–Trinajstić information content (AvgIpc) is 2.89. The minimum absolute atomic E-state index is 0.117. The fraction of sp³-hybridized carbons (Fsp3) is 0.714. The van der Waals surface area contributed by atoms with Crippen LogP contribution in [0.25, 0.3) is 0 Å². The molecule has 1 aromatic heterocycles. The maximum absolute atomic E-state index is 12.1. The molecule has 1 amide bonds. The summed E-state index contributed by atoms with van der Waals surface area (Å²) in [6.45, 7) is 3.72. The fourth-order valence-corrected chi connectivity index (χ4v) is 2.86. The van der Waals surface area contributed by atoms with Crippen LogP contribution in [0.15, 0.2) is 6.20 Å². The first kappa shape index (κ1) is 14.8. The number of ether oxygens (including phenoxy) is 1. The number of aromatic nitrogens is 2. The Hall–Kier alpha value is -1.56. The van der Waals surface area contributed by atoms with Gasteiger partial charge in [-0.25, -0.2) is 0 Å². The number of carbonyl (C=O) groups excluding carboxylic acids is 1. The zero-order chi connectivity index (χ0) is 14.7. The number of rotatable bonds is 4. The molecule has 6 heteroatoms. The smallest absolute Gasteiger partial charge is 0.239 e. The number of hydrogen-bond donors (Lipinski definition) is 1. The number of amides is 1. The molecule has 0 bridgehead atoms. The lowest BCUT2D eigenvalue weighted by Crippen LogP contribution is -2.48. The van der Waals surface area contributed by atoms with Gasteiger partial charge in [0.05, 0.1) is 25.0 Å². The molecule has 0 aromatic carbocycles. The largest absolute Gasteiger partial charge is 0.493 e. The standard InChI is InChI=1S/C14H24N4O2/c1-5-18-13(12(20-4)9-16-18)10-6-7-15-11(8-10)14(19)17(2)3/h9-11,15H,5-8H2,1-4H3. The Morgan fingerprint density at radius 3 is 2.95 bits per heavy atom. The monoisotopic (exact) mass is 280 g/mol. The lowest BCUT2D eigenvalue weighted by atomic mass is 9.88. The summed E-state index contributed by atoms with van der Waals surface area (Å²) in [7, 11) is 5.26. The van der Waals surface area contributed by atoms with Crippen LogP contribution in [0.5, 0.6) is 5.75 Å². The normalized spacial score (nSPS) is 22.6. The third kappa shape index (κ3) is 2.80. The van der Waals surface area contributed by atoms with Crippen molar-refractivity contribution in [1.82, 2.24) is 20.0 Å². The van der Waals surface area contributed by atoms with Crippen molar-refractivity contribution in [2.24, 2.45) is 0 Å². The summed E-state index contributed by atoms with van der Waals surface area (Å²) in [6.07, 6.45) is 3.56. The molecule has 20 heavy (non-hydrogen) atoms. The molecule has 1 saturated heterocycles. The van der Waals surface area contributed by atoms with E-state index < -0.39 is 0 Å². The zero-order valence-electron chi connectivity index (χ0n) is 12.7. The highest BCUT2D eigenvalue weighted by Crippen LogP contribution is 2.34. The SMILES string of the molecule is CCn1ncc(OC)c1C1CCNC(C(=O)N(C)C)C1. The second kappa shape index (κ2) is 6.26. The number of piperidine rings is 1. The molecule has 6 nitrogen and oxygen atoms in total. The summed E-state index contributed by atoms with van der Waals surface area (Å²) in [4.78, 5) is 13.8. The number of hydrogen-bond acceptors (Lipinski definition) is 4. The van der Waals surface area contributed by atoms with E-state index in [1.807, 2.05) is 4.68 Å². The third-order valence-corrected chi connectivity index (χ3v) is 3.89. The van der Waals surface area contributed by atoms with Gasteiger partial charge in [0, 0.05) is 26.6 Å².